The van der Waals surface area contributed by atoms with Gasteiger partial charge in [0.1, 0.15) is 0 Å². The Morgan fingerprint density at radius 2 is 1.78 bits per heavy atom. The number of nitrogens with zero attached hydrogens (tertiary/aromatic N) is 2. The van der Waals surface area contributed by atoms with Gasteiger partial charge in [-0.25, -0.2) is 0 Å². The zero-order valence-corrected chi connectivity index (χ0v) is 10.8. The number of carbonyl (C=O) groups is 2. The number of rotatable bonds is 4. The van der Waals surface area contributed by atoms with E-state index < -0.39 is 0 Å². The first-order valence-corrected chi connectivity index (χ1v) is 6.23. The van der Waals surface area contributed by atoms with Crippen molar-refractivity contribution >= 4 is 11.8 Å². The van der Waals surface area contributed by atoms with Gasteiger partial charge in [0, 0.05) is 26.6 Å². The monoisotopic (exact) mass is 258 g/mol. The Hall–Kier alpha value is -1.18. The van der Waals surface area contributed by atoms with Gasteiger partial charge in [0.05, 0.1) is 13.2 Å². The summed E-state index contributed by atoms with van der Waals surface area (Å²) in [6, 6.07) is 0. The van der Waals surface area contributed by atoms with Gasteiger partial charge in [0.2, 0.25) is 5.91 Å². The molecule has 1 fully saturated rings. The molecule has 0 atom stereocenters. The van der Waals surface area contributed by atoms with Gasteiger partial charge >= 0.3 is 0 Å². The maximum Gasteiger partial charge on any atom is 0.252 e. The number of hydrogen-bond donors (Lipinski definition) is 3. The summed E-state index contributed by atoms with van der Waals surface area (Å²) in [4.78, 5) is 26.4. The Bertz CT molecular complexity index is 285. The molecule has 0 aliphatic carbocycles. The van der Waals surface area contributed by atoms with E-state index in [1.165, 1.54) is 6.92 Å². The van der Waals surface area contributed by atoms with Crippen LogP contribution in [0.15, 0.2) is 0 Å². The highest BCUT2D eigenvalue weighted by Crippen LogP contribution is 2.02. The molecule has 104 valence electrons. The van der Waals surface area contributed by atoms with Gasteiger partial charge in [0.15, 0.2) is 0 Å². The fraction of sp³-hybridized carbons (Fsp3) is 0.818. The van der Waals surface area contributed by atoms with E-state index in [1.807, 2.05) is 0 Å². The summed E-state index contributed by atoms with van der Waals surface area (Å²) in [5.41, 5.74) is 4.62. The maximum absolute atomic E-state index is 11.5. The zero-order chi connectivity index (χ0) is 13.4. The number of carbonyl (C=O) groups excluding carboxylic acids is 2. The number of hydrogen-bond acceptors (Lipinski definition) is 5. The molecule has 0 unspecified atom stereocenters. The zero-order valence-electron chi connectivity index (χ0n) is 10.8. The Morgan fingerprint density at radius 3 is 2.44 bits per heavy atom. The lowest BCUT2D eigenvalue weighted by Gasteiger charge is -2.20. The average molecular weight is 258 g/mol. The molecule has 0 aromatic heterocycles. The fourth-order valence-corrected chi connectivity index (χ4v) is 1.95. The van der Waals surface area contributed by atoms with Crippen LogP contribution in [0.1, 0.15) is 13.3 Å². The molecular weight excluding hydrogens is 236 g/mol. The molecule has 7 nitrogen and oxygen atoms in total. The Labute approximate surface area is 107 Å². The first-order valence-electron chi connectivity index (χ1n) is 6.23. The number of hydrazine groups is 1. The van der Waals surface area contributed by atoms with Gasteiger partial charge in [-0.1, -0.05) is 0 Å². The third kappa shape index (κ3) is 5.95. The number of amides is 2. The minimum Gasteiger partial charge on any atom is -0.395 e. The van der Waals surface area contributed by atoms with Crippen LogP contribution in [-0.2, 0) is 9.59 Å². The molecule has 1 heterocycles. The molecule has 0 spiro atoms. The molecule has 0 saturated carbocycles. The highest BCUT2D eigenvalue weighted by atomic mass is 16.3. The first-order chi connectivity index (χ1) is 8.61. The van der Waals surface area contributed by atoms with E-state index in [0.717, 1.165) is 32.6 Å². The van der Waals surface area contributed by atoms with E-state index in [9.17, 15) is 9.59 Å². The van der Waals surface area contributed by atoms with Crippen LogP contribution in [0.25, 0.3) is 0 Å². The van der Waals surface area contributed by atoms with E-state index in [0.29, 0.717) is 6.54 Å². The predicted octanol–water partition coefficient (Wildman–Crippen LogP) is -1.85. The van der Waals surface area contributed by atoms with E-state index in [-0.39, 0.29) is 25.0 Å². The molecule has 0 aromatic carbocycles. The number of aliphatic hydroxyl groups excluding tert-OH is 1. The number of β-amino-alcohol motifs (C(OH)–C–C–N with tert-alkyl or cyclic N) is 1. The van der Waals surface area contributed by atoms with Crippen molar-refractivity contribution in [3.63, 3.8) is 0 Å². The second kappa shape index (κ2) is 8.02. The van der Waals surface area contributed by atoms with Crippen LogP contribution in [0.5, 0.6) is 0 Å². The van der Waals surface area contributed by atoms with Crippen molar-refractivity contribution in [2.75, 3.05) is 45.9 Å². The minimum absolute atomic E-state index is 0.170. The van der Waals surface area contributed by atoms with Crippen molar-refractivity contribution in [1.29, 1.82) is 0 Å². The van der Waals surface area contributed by atoms with Crippen molar-refractivity contribution in [1.82, 2.24) is 20.7 Å². The molecule has 0 aromatic rings. The molecule has 18 heavy (non-hydrogen) atoms. The molecule has 1 aliphatic rings. The summed E-state index contributed by atoms with van der Waals surface area (Å²) in [7, 11) is 0. The smallest absolute Gasteiger partial charge is 0.252 e. The van der Waals surface area contributed by atoms with Crippen molar-refractivity contribution in [3.8, 4) is 0 Å². The summed E-state index contributed by atoms with van der Waals surface area (Å²) in [6.07, 6.45) is 0.980. The summed E-state index contributed by atoms with van der Waals surface area (Å²) in [6.45, 7) is 5.95. The molecule has 1 aliphatic heterocycles. The van der Waals surface area contributed by atoms with E-state index >= 15 is 0 Å². The molecule has 3 N–H and O–H groups in total. The Kier molecular flexibility index (Phi) is 6.63. The van der Waals surface area contributed by atoms with Crippen LogP contribution in [0, 0.1) is 0 Å². The quantitative estimate of drug-likeness (QED) is 0.516. The molecule has 2 amide bonds. The van der Waals surface area contributed by atoms with E-state index in [1.54, 1.807) is 0 Å². The van der Waals surface area contributed by atoms with E-state index in [2.05, 4.69) is 20.7 Å². The Balaban J connectivity index is 2.26. The van der Waals surface area contributed by atoms with Gasteiger partial charge in [0.25, 0.3) is 5.91 Å². The predicted molar refractivity (Wildman–Crippen MR) is 66.5 cm³/mol. The average Bonchev–Trinajstić information content (AvgIpc) is 2.53. The first kappa shape index (κ1) is 14.9. The molecule has 1 saturated heterocycles. The summed E-state index contributed by atoms with van der Waals surface area (Å²) < 4.78 is 0. The maximum atomic E-state index is 11.5. The molecule has 0 radical (unpaired) electrons. The van der Waals surface area contributed by atoms with E-state index in [4.69, 9.17) is 5.11 Å². The second-order valence-electron chi connectivity index (χ2n) is 4.42. The lowest BCUT2D eigenvalue weighted by Crippen LogP contribution is -2.46. The fourth-order valence-electron chi connectivity index (χ4n) is 1.95. The number of nitrogens with one attached hydrogen (secondary N) is 2. The van der Waals surface area contributed by atoms with Crippen molar-refractivity contribution in [2.24, 2.45) is 0 Å². The van der Waals surface area contributed by atoms with Crippen LogP contribution in [0.2, 0.25) is 0 Å². The van der Waals surface area contributed by atoms with Crippen LogP contribution in [-0.4, -0.2) is 72.6 Å². The lowest BCUT2D eigenvalue weighted by atomic mass is 10.4. The standard InChI is InChI=1S/C11H22N4O3/c1-10(17)12-13-11(18)9-15-4-2-3-14(5-6-15)7-8-16/h16H,2-9H2,1H3,(H,12,17)(H,13,18). The number of aliphatic hydroxyl groups is 1. The van der Waals surface area contributed by atoms with Crippen molar-refractivity contribution in [3.05, 3.63) is 0 Å². The largest absolute Gasteiger partial charge is 0.395 e. The summed E-state index contributed by atoms with van der Waals surface area (Å²) >= 11 is 0. The van der Waals surface area contributed by atoms with Crippen LogP contribution in [0.3, 0.4) is 0 Å². The third-order valence-corrected chi connectivity index (χ3v) is 2.84. The second-order valence-corrected chi connectivity index (χ2v) is 4.42. The van der Waals surface area contributed by atoms with Gasteiger partial charge < -0.3 is 5.11 Å². The van der Waals surface area contributed by atoms with Crippen LogP contribution < -0.4 is 10.9 Å². The minimum atomic E-state index is -0.284. The molecule has 7 heteroatoms. The normalized spacial score (nSPS) is 18.1. The SMILES string of the molecule is CC(=O)NNC(=O)CN1CCCN(CCO)CC1. The van der Waals surface area contributed by atoms with Gasteiger partial charge in [-0.2, -0.15) is 0 Å². The summed E-state index contributed by atoms with van der Waals surface area (Å²) in [5, 5.41) is 8.88. The Morgan fingerprint density at radius 1 is 1.11 bits per heavy atom. The highest BCUT2D eigenvalue weighted by molar-refractivity contribution is 5.81. The lowest BCUT2D eigenvalue weighted by molar-refractivity contribution is -0.128. The van der Waals surface area contributed by atoms with Crippen LogP contribution >= 0.6 is 0 Å². The van der Waals surface area contributed by atoms with Crippen LogP contribution in [0.4, 0.5) is 0 Å². The topological polar surface area (TPSA) is 84.9 Å². The molecular formula is C11H22N4O3. The third-order valence-electron chi connectivity index (χ3n) is 2.84. The van der Waals surface area contributed by atoms with Gasteiger partial charge in [-0.05, 0) is 19.5 Å². The highest BCUT2D eigenvalue weighted by Gasteiger charge is 2.16. The molecule has 0 bridgehead atoms. The summed E-state index contributed by atoms with van der Waals surface area (Å²) in [5.74, 6) is -0.492. The van der Waals surface area contributed by atoms with Crippen molar-refractivity contribution < 1.29 is 14.7 Å². The van der Waals surface area contributed by atoms with Gasteiger partial charge in [-0.3, -0.25) is 30.2 Å². The van der Waals surface area contributed by atoms with Crippen molar-refractivity contribution in [2.45, 2.75) is 13.3 Å². The van der Waals surface area contributed by atoms with Gasteiger partial charge in [-0.15, -0.1) is 0 Å². The molecule has 1 rings (SSSR count).